The molecule has 0 saturated heterocycles. The standard InChI is InChI=1S/C19H23N3O4S2/c1-5-13-7-12(10-20)8-14(6-2)17(13)21-18(23)22-28(25,26)16-9-15(11-27-16)19(3,4)24/h7-9,11,24H,5-6H2,1-4H3,(H2,21,22,23). The first-order chi connectivity index (χ1) is 13.0. The summed E-state index contributed by atoms with van der Waals surface area (Å²) >= 11 is 0.925. The van der Waals surface area contributed by atoms with Gasteiger partial charge < -0.3 is 10.4 Å². The number of nitrogens with zero attached hydrogens (tertiary/aromatic N) is 1. The van der Waals surface area contributed by atoms with E-state index in [1.54, 1.807) is 26.0 Å². The molecule has 2 aromatic rings. The topological polar surface area (TPSA) is 119 Å². The number of anilines is 1. The Labute approximate surface area is 169 Å². The lowest BCUT2D eigenvalue weighted by molar-refractivity contribution is 0.0789. The average Bonchev–Trinajstić information content (AvgIpc) is 3.12. The van der Waals surface area contributed by atoms with E-state index in [2.05, 4.69) is 11.4 Å². The molecule has 1 aromatic carbocycles. The molecule has 0 unspecified atom stereocenters. The van der Waals surface area contributed by atoms with Crippen LogP contribution in [0.25, 0.3) is 0 Å². The summed E-state index contributed by atoms with van der Waals surface area (Å²) in [5.74, 6) is 0. The fourth-order valence-electron chi connectivity index (χ4n) is 2.64. The summed E-state index contributed by atoms with van der Waals surface area (Å²) in [5, 5.41) is 23.3. The van der Waals surface area contributed by atoms with E-state index in [-0.39, 0.29) is 4.21 Å². The molecule has 0 fully saturated rings. The second-order valence-electron chi connectivity index (χ2n) is 6.76. The molecule has 0 aliphatic rings. The lowest BCUT2D eigenvalue weighted by Crippen LogP contribution is -2.34. The van der Waals surface area contributed by atoms with E-state index in [0.29, 0.717) is 29.7 Å². The number of urea groups is 1. The highest BCUT2D eigenvalue weighted by molar-refractivity contribution is 7.92. The molecule has 0 aliphatic carbocycles. The van der Waals surface area contributed by atoms with Gasteiger partial charge in [0.25, 0.3) is 10.0 Å². The number of amides is 2. The van der Waals surface area contributed by atoms with Crippen molar-refractivity contribution in [2.24, 2.45) is 0 Å². The number of nitrogens with one attached hydrogen (secondary N) is 2. The molecular weight excluding hydrogens is 398 g/mol. The largest absolute Gasteiger partial charge is 0.386 e. The van der Waals surface area contributed by atoms with E-state index < -0.39 is 21.7 Å². The van der Waals surface area contributed by atoms with E-state index in [9.17, 15) is 18.3 Å². The normalized spacial score (nSPS) is 11.7. The molecule has 0 atom stereocenters. The Morgan fingerprint density at radius 2 is 1.79 bits per heavy atom. The van der Waals surface area contributed by atoms with Crippen molar-refractivity contribution in [2.75, 3.05) is 5.32 Å². The first-order valence-electron chi connectivity index (χ1n) is 8.72. The van der Waals surface area contributed by atoms with Crippen molar-refractivity contribution in [1.82, 2.24) is 4.72 Å². The number of benzene rings is 1. The Kier molecular flexibility index (Phi) is 6.49. The summed E-state index contributed by atoms with van der Waals surface area (Å²) in [6, 6.07) is 5.91. The van der Waals surface area contributed by atoms with E-state index >= 15 is 0 Å². The van der Waals surface area contributed by atoms with Gasteiger partial charge in [-0.3, -0.25) is 0 Å². The fraction of sp³-hybridized carbons (Fsp3) is 0.368. The van der Waals surface area contributed by atoms with Crippen molar-refractivity contribution >= 4 is 33.1 Å². The van der Waals surface area contributed by atoms with Gasteiger partial charge in [-0.2, -0.15) is 5.26 Å². The number of hydrogen-bond acceptors (Lipinski definition) is 6. The van der Waals surface area contributed by atoms with E-state index in [0.717, 1.165) is 22.5 Å². The number of thiophene rings is 1. The van der Waals surface area contributed by atoms with Gasteiger partial charge in [0.2, 0.25) is 0 Å². The Bertz CT molecular complexity index is 1000. The third kappa shape index (κ3) is 4.90. The number of carbonyl (C=O) groups excluding carboxylic acids is 1. The zero-order valence-corrected chi connectivity index (χ0v) is 17.8. The highest BCUT2D eigenvalue weighted by Gasteiger charge is 2.25. The van der Waals surface area contributed by atoms with Crippen molar-refractivity contribution in [3.63, 3.8) is 0 Å². The van der Waals surface area contributed by atoms with Gasteiger partial charge in [-0.15, -0.1) is 11.3 Å². The van der Waals surface area contributed by atoms with Crippen LogP contribution < -0.4 is 10.0 Å². The molecule has 1 heterocycles. The third-order valence-electron chi connectivity index (χ3n) is 4.20. The van der Waals surface area contributed by atoms with Gasteiger partial charge in [-0.1, -0.05) is 13.8 Å². The molecule has 0 saturated carbocycles. The van der Waals surface area contributed by atoms with Gasteiger partial charge in [-0.25, -0.2) is 17.9 Å². The van der Waals surface area contributed by atoms with Gasteiger partial charge in [0, 0.05) is 5.69 Å². The summed E-state index contributed by atoms with van der Waals surface area (Å²) in [7, 11) is -4.08. The van der Waals surface area contributed by atoms with Gasteiger partial charge in [0.1, 0.15) is 4.21 Å². The molecule has 0 radical (unpaired) electrons. The van der Waals surface area contributed by atoms with Crippen LogP contribution in [0.15, 0.2) is 27.8 Å². The maximum absolute atomic E-state index is 12.5. The highest BCUT2D eigenvalue weighted by Crippen LogP contribution is 2.28. The molecule has 1 aromatic heterocycles. The van der Waals surface area contributed by atoms with E-state index in [1.165, 1.54) is 11.4 Å². The average molecular weight is 422 g/mol. The molecule has 0 spiro atoms. The van der Waals surface area contributed by atoms with Gasteiger partial charge >= 0.3 is 6.03 Å². The number of nitriles is 1. The summed E-state index contributed by atoms with van der Waals surface area (Å²) in [4.78, 5) is 12.4. The first-order valence-corrected chi connectivity index (χ1v) is 11.1. The third-order valence-corrected chi connectivity index (χ3v) is 6.98. The molecular formula is C19H23N3O4S2. The molecule has 2 amide bonds. The SMILES string of the molecule is CCc1cc(C#N)cc(CC)c1NC(=O)NS(=O)(=O)c1cc(C(C)(C)O)cs1. The summed E-state index contributed by atoms with van der Waals surface area (Å²) < 4.78 is 26.9. The minimum atomic E-state index is -4.08. The van der Waals surface area contributed by atoms with Crippen LogP contribution in [0.3, 0.4) is 0 Å². The Balaban J connectivity index is 2.27. The Morgan fingerprint density at radius 1 is 1.21 bits per heavy atom. The van der Waals surface area contributed by atoms with Crippen molar-refractivity contribution in [1.29, 1.82) is 5.26 Å². The quantitative estimate of drug-likeness (QED) is 0.660. The number of aryl methyl sites for hydroxylation is 2. The predicted octanol–water partition coefficient (Wildman–Crippen LogP) is 3.48. The van der Waals surface area contributed by atoms with Crippen LogP contribution in [0.5, 0.6) is 0 Å². The number of hydrogen-bond donors (Lipinski definition) is 3. The minimum Gasteiger partial charge on any atom is -0.386 e. The van der Waals surface area contributed by atoms with Crippen LogP contribution in [-0.2, 0) is 28.5 Å². The molecule has 0 bridgehead atoms. The van der Waals surface area contributed by atoms with Crippen LogP contribution >= 0.6 is 11.3 Å². The summed E-state index contributed by atoms with van der Waals surface area (Å²) in [5.41, 5.74) is 1.78. The molecule has 2 rings (SSSR count). The van der Waals surface area contributed by atoms with Crippen molar-refractivity contribution in [2.45, 2.75) is 50.3 Å². The van der Waals surface area contributed by atoms with Crippen molar-refractivity contribution in [3.8, 4) is 6.07 Å². The van der Waals surface area contributed by atoms with E-state index in [4.69, 9.17) is 5.26 Å². The van der Waals surface area contributed by atoms with Crippen LogP contribution in [0.4, 0.5) is 10.5 Å². The predicted molar refractivity (Wildman–Crippen MR) is 109 cm³/mol. The maximum Gasteiger partial charge on any atom is 0.333 e. The van der Waals surface area contributed by atoms with Gasteiger partial charge in [0.05, 0.1) is 17.2 Å². The van der Waals surface area contributed by atoms with Crippen LogP contribution in [-0.4, -0.2) is 19.6 Å². The molecule has 9 heteroatoms. The van der Waals surface area contributed by atoms with Crippen molar-refractivity contribution in [3.05, 3.63) is 45.8 Å². The molecule has 150 valence electrons. The minimum absolute atomic E-state index is 0.0639. The maximum atomic E-state index is 12.5. The lowest BCUT2D eigenvalue weighted by Gasteiger charge is -2.16. The Morgan fingerprint density at radius 3 is 2.21 bits per heavy atom. The number of carbonyl (C=O) groups is 1. The fourth-order valence-corrected chi connectivity index (χ4v) is 4.89. The molecule has 7 nitrogen and oxygen atoms in total. The van der Waals surface area contributed by atoms with Crippen LogP contribution in [0.2, 0.25) is 0 Å². The second kappa shape index (κ2) is 8.31. The Hall–Kier alpha value is -2.41. The van der Waals surface area contributed by atoms with Crippen LogP contribution in [0.1, 0.15) is 49.9 Å². The zero-order chi connectivity index (χ0) is 21.1. The summed E-state index contributed by atoms with van der Waals surface area (Å²) in [6.45, 7) is 6.88. The van der Waals surface area contributed by atoms with Crippen LogP contribution in [0, 0.1) is 11.3 Å². The summed E-state index contributed by atoms with van der Waals surface area (Å²) in [6.07, 6.45) is 1.15. The van der Waals surface area contributed by atoms with Gasteiger partial charge in [0.15, 0.2) is 0 Å². The molecule has 0 aliphatic heterocycles. The highest BCUT2D eigenvalue weighted by atomic mass is 32.2. The van der Waals surface area contributed by atoms with Crippen molar-refractivity contribution < 1.29 is 18.3 Å². The smallest absolute Gasteiger partial charge is 0.333 e. The number of rotatable bonds is 6. The number of sulfonamides is 1. The first kappa shape index (κ1) is 21.9. The van der Waals surface area contributed by atoms with Gasteiger partial charge in [-0.05, 0) is 67.0 Å². The lowest BCUT2D eigenvalue weighted by atomic mass is 9.99. The zero-order valence-electron chi connectivity index (χ0n) is 16.2. The molecule has 28 heavy (non-hydrogen) atoms. The monoisotopic (exact) mass is 421 g/mol. The second-order valence-corrected chi connectivity index (χ2v) is 9.58. The molecule has 3 N–H and O–H groups in total. The van der Waals surface area contributed by atoms with E-state index in [1.807, 2.05) is 18.6 Å². The number of aliphatic hydroxyl groups is 1.